The van der Waals surface area contributed by atoms with Gasteiger partial charge in [0.15, 0.2) is 11.1 Å². The van der Waals surface area contributed by atoms with Crippen LogP contribution < -0.4 is 10.6 Å². The second kappa shape index (κ2) is 11.8. The van der Waals surface area contributed by atoms with Crippen LogP contribution in [-0.4, -0.2) is 40.1 Å². The molecule has 0 spiro atoms. The molecule has 2 rings (SSSR count). The molecule has 1 aromatic carbocycles. The van der Waals surface area contributed by atoms with E-state index in [9.17, 15) is 4.39 Å². The van der Waals surface area contributed by atoms with Crippen molar-refractivity contribution in [3.8, 4) is 0 Å². The number of aromatic nitrogens is 3. The van der Waals surface area contributed by atoms with Crippen molar-refractivity contribution in [1.29, 1.82) is 0 Å². The number of benzene rings is 1. The summed E-state index contributed by atoms with van der Waals surface area (Å²) in [6.07, 6.45) is 3.81. The molecule has 0 fully saturated rings. The van der Waals surface area contributed by atoms with E-state index in [0.717, 1.165) is 55.0 Å². The Kier molecular flexibility index (Phi) is 9.44. The quantitative estimate of drug-likeness (QED) is 0.265. The Morgan fingerprint density at radius 2 is 2.07 bits per heavy atom. The average molecular weight is 421 g/mol. The molecule has 2 N–H and O–H groups in total. The normalized spacial score (nSPS) is 11.9. The largest absolute Gasteiger partial charge is 0.357 e. The molecule has 0 radical (unpaired) electrons. The molecule has 0 amide bonds. The van der Waals surface area contributed by atoms with Gasteiger partial charge in [-0.05, 0) is 49.6 Å². The average Bonchev–Trinajstić information content (AvgIpc) is 3.06. The Bertz CT molecular complexity index is 802. The maximum atomic E-state index is 13.7. The third-order valence-corrected chi connectivity index (χ3v) is 5.06. The molecule has 1 aromatic heterocycles. The SMILES string of the molecule is CCNC(=NCc1ccc(C)c(F)c1)NCCCc1nnc(SC)n1CC(C)C. The van der Waals surface area contributed by atoms with Gasteiger partial charge in [0.2, 0.25) is 0 Å². The van der Waals surface area contributed by atoms with E-state index < -0.39 is 0 Å². The van der Waals surface area contributed by atoms with Crippen LogP contribution in [0, 0.1) is 18.7 Å². The number of aliphatic imine (C=N–C) groups is 1. The molecule has 0 unspecified atom stereocenters. The van der Waals surface area contributed by atoms with Gasteiger partial charge in [-0.1, -0.05) is 37.7 Å². The molecule has 6 nitrogen and oxygen atoms in total. The zero-order valence-electron chi connectivity index (χ0n) is 18.1. The van der Waals surface area contributed by atoms with Gasteiger partial charge in [-0.3, -0.25) is 0 Å². The first kappa shape index (κ1) is 23.2. The summed E-state index contributed by atoms with van der Waals surface area (Å²) < 4.78 is 15.9. The number of hydrogen-bond acceptors (Lipinski definition) is 4. The van der Waals surface area contributed by atoms with E-state index in [0.29, 0.717) is 18.0 Å². The monoisotopic (exact) mass is 420 g/mol. The summed E-state index contributed by atoms with van der Waals surface area (Å²) >= 11 is 1.63. The van der Waals surface area contributed by atoms with E-state index in [4.69, 9.17) is 0 Å². The van der Waals surface area contributed by atoms with Crippen LogP contribution in [-0.2, 0) is 19.5 Å². The van der Waals surface area contributed by atoms with Gasteiger partial charge < -0.3 is 15.2 Å². The van der Waals surface area contributed by atoms with Crippen molar-refractivity contribution >= 4 is 17.7 Å². The van der Waals surface area contributed by atoms with E-state index in [-0.39, 0.29) is 5.82 Å². The summed E-state index contributed by atoms with van der Waals surface area (Å²) in [5.41, 5.74) is 1.51. The van der Waals surface area contributed by atoms with Crippen molar-refractivity contribution in [3.63, 3.8) is 0 Å². The van der Waals surface area contributed by atoms with E-state index >= 15 is 0 Å². The summed E-state index contributed by atoms with van der Waals surface area (Å²) in [6.45, 7) is 11.1. The number of halogens is 1. The molecule has 160 valence electrons. The predicted molar refractivity (Wildman–Crippen MR) is 119 cm³/mol. The van der Waals surface area contributed by atoms with Crippen molar-refractivity contribution < 1.29 is 4.39 Å². The first-order chi connectivity index (χ1) is 13.9. The Balaban J connectivity index is 1.89. The van der Waals surface area contributed by atoms with Crippen molar-refractivity contribution in [3.05, 3.63) is 41.0 Å². The lowest BCUT2D eigenvalue weighted by Gasteiger charge is -2.13. The van der Waals surface area contributed by atoms with E-state index in [1.807, 2.05) is 19.2 Å². The van der Waals surface area contributed by atoms with Crippen LogP contribution >= 0.6 is 11.8 Å². The third-order valence-electron chi connectivity index (χ3n) is 4.39. The Hall–Kier alpha value is -2.09. The van der Waals surface area contributed by atoms with Crippen LogP contribution in [0.15, 0.2) is 28.3 Å². The molecule has 0 aliphatic heterocycles. The second-order valence-electron chi connectivity index (χ2n) is 7.42. The van der Waals surface area contributed by atoms with Crippen LogP contribution in [0.25, 0.3) is 0 Å². The van der Waals surface area contributed by atoms with Gasteiger partial charge in [-0.2, -0.15) is 0 Å². The molecule has 0 aliphatic carbocycles. The van der Waals surface area contributed by atoms with Crippen molar-refractivity contribution in [2.24, 2.45) is 10.9 Å². The minimum Gasteiger partial charge on any atom is -0.357 e. The topological polar surface area (TPSA) is 67.1 Å². The highest BCUT2D eigenvalue weighted by atomic mass is 32.2. The van der Waals surface area contributed by atoms with E-state index in [1.54, 1.807) is 30.8 Å². The number of guanidine groups is 1. The summed E-state index contributed by atoms with van der Waals surface area (Å²) in [4.78, 5) is 4.56. The Morgan fingerprint density at radius 3 is 2.72 bits per heavy atom. The molecule has 0 saturated heterocycles. The molecule has 8 heteroatoms. The molecule has 0 bridgehead atoms. The molecule has 29 heavy (non-hydrogen) atoms. The van der Waals surface area contributed by atoms with Crippen LogP contribution in [0.3, 0.4) is 0 Å². The zero-order chi connectivity index (χ0) is 21.2. The van der Waals surface area contributed by atoms with Gasteiger partial charge >= 0.3 is 0 Å². The highest BCUT2D eigenvalue weighted by molar-refractivity contribution is 7.98. The number of thioether (sulfide) groups is 1. The molecular formula is C21H33FN6S. The number of nitrogens with zero attached hydrogens (tertiary/aromatic N) is 4. The van der Waals surface area contributed by atoms with Crippen molar-refractivity contribution in [2.75, 3.05) is 19.3 Å². The number of nitrogens with one attached hydrogen (secondary N) is 2. The predicted octanol–water partition coefficient (Wildman–Crippen LogP) is 3.79. The first-order valence-electron chi connectivity index (χ1n) is 10.2. The minimum absolute atomic E-state index is 0.189. The van der Waals surface area contributed by atoms with Crippen LogP contribution in [0.5, 0.6) is 0 Å². The zero-order valence-corrected chi connectivity index (χ0v) is 18.9. The number of rotatable bonds is 10. The van der Waals surface area contributed by atoms with Crippen molar-refractivity contribution in [2.45, 2.75) is 58.8 Å². The molecular weight excluding hydrogens is 387 g/mol. The van der Waals surface area contributed by atoms with Crippen LogP contribution in [0.4, 0.5) is 4.39 Å². The molecule has 0 atom stereocenters. The summed E-state index contributed by atoms with van der Waals surface area (Å²) in [5, 5.41) is 16.2. The van der Waals surface area contributed by atoms with E-state index in [2.05, 4.69) is 44.2 Å². The molecule has 2 aromatic rings. The smallest absolute Gasteiger partial charge is 0.191 e. The lowest BCUT2D eigenvalue weighted by molar-refractivity contribution is 0.477. The minimum atomic E-state index is -0.189. The Morgan fingerprint density at radius 1 is 1.28 bits per heavy atom. The maximum Gasteiger partial charge on any atom is 0.191 e. The third kappa shape index (κ3) is 7.34. The van der Waals surface area contributed by atoms with E-state index in [1.165, 1.54) is 0 Å². The van der Waals surface area contributed by atoms with Gasteiger partial charge in [0.1, 0.15) is 11.6 Å². The van der Waals surface area contributed by atoms with Gasteiger partial charge in [-0.15, -0.1) is 10.2 Å². The van der Waals surface area contributed by atoms with Crippen LogP contribution in [0.1, 0.15) is 44.1 Å². The molecule has 1 heterocycles. The molecule has 0 saturated carbocycles. The summed E-state index contributed by atoms with van der Waals surface area (Å²) in [6, 6.07) is 5.25. The fourth-order valence-corrected chi connectivity index (χ4v) is 3.43. The fourth-order valence-electron chi connectivity index (χ4n) is 2.90. The lowest BCUT2D eigenvalue weighted by Crippen LogP contribution is -2.37. The molecule has 0 aliphatic rings. The maximum absolute atomic E-state index is 13.7. The number of hydrogen-bond donors (Lipinski definition) is 2. The highest BCUT2D eigenvalue weighted by Gasteiger charge is 2.12. The summed E-state index contributed by atoms with van der Waals surface area (Å²) in [7, 11) is 0. The van der Waals surface area contributed by atoms with Gasteiger partial charge in [0.05, 0.1) is 6.54 Å². The number of aryl methyl sites for hydroxylation is 2. The highest BCUT2D eigenvalue weighted by Crippen LogP contribution is 2.16. The van der Waals surface area contributed by atoms with Crippen molar-refractivity contribution in [1.82, 2.24) is 25.4 Å². The fraction of sp³-hybridized carbons (Fsp3) is 0.571. The Labute approximate surface area is 177 Å². The first-order valence-corrected chi connectivity index (χ1v) is 11.4. The second-order valence-corrected chi connectivity index (χ2v) is 8.19. The van der Waals surface area contributed by atoms with Gasteiger partial charge in [0, 0.05) is 26.1 Å². The standard InChI is InChI=1S/C21H33FN6S/c1-6-23-20(25-13-17-10-9-16(4)18(22)12-17)24-11-7-8-19-26-27-21(29-5)28(19)14-15(2)3/h9-10,12,15H,6-8,11,13-14H2,1-5H3,(H2,23,24,25). The summed E-state index contributed by atoms with van der Waals surface area (Å²) in [5.74, 6) is 2.13. The lowest BCUT2D eigenvalue weighted by atomic mass is 10.1. The van der Waals surface area contributed by atoms with Gasteiger partial charge in [-0.25, -0.2) is 9.38 Å². The van der Waals surface area contributed by atoms with Crippen LogP contribution in [0.2, 0.25) is 0 Å². The van der Waals surface area contributed by atoms with Gasteiger partial charge in [0.25, 0.3) is 0 Å².